The molecule has 0 unspecified atom stereocenters. The minimum Gasteiger partial charge on any atom is -0.474 e. The topological polar surface area (TPSA) is 98.7 Å². The molecule has 1 saturated heterocycles. The zero-order chi connectivity index (χ0) is 17.9. The van der Waals surface area contributed by atoms with Gasteiger partial charge in [-0.15, -0.1) is 11.3 Å². The van der Waals surface area contributed by atoms with Crippen LogP contribution in [0, 0.1) is 0 Å². The quantitative estimate of drug-likeness (QED) is 0.723. The molecule has 8 nitrogen and oxygen atoms in total. The smallest absolute Gasteiger partial charge is 0.349 e. The van der Waals surface area contributed by atoms with Crippen molar-refractivity contribution in [3.63, 3.8) is 0 Å². The molecule has 0 saturated carbocycles. The fraction of sp³-hybridized carbons (Fsp3) is 0.400. The molecule has 0 bridgehead atoms. The van der Waals surface area contributed by atoms with Gasteiger partial charge in [-0.2, -0.15) is 4.31 Å². The lowest BCUT2D eigenvalue weighted by Gasteiger charge is -2.31. The van der Waals surface area contributed by atoms with Crippen molar-refractivity contribution in [3.8, 4) is 5.88 Å². The average molecular weight is 383 g/mol. The molecule has 134 valence electrons. The number of nitrogens with zero attached hydrogens (tertiary/aromatic N) is 3. The molecule has 0 atom stereocenters. The first-order valence-corrected chi connectivity index (χ1v) is 9.93. The van der Waals surface area contributed by atoms with Gasteiger partial charge in [0.25, 0.3) is 0 Å². The highest BCUT2D eigenvalue weighted by atomic mass is 32.2. The van der Waals surface area contributed by atoms with E-state index in [9.17, 15) is 13.2 Å². The van der Waals surface area contributed by atoms with Crippen LogP contribution in [0.4, 0.5) is 0 Å². The minimum atomic E-state index is -3.74. The van der Waals surface area contributed by atoms with Crippen molar-refractivity contribution in [2.45, 2.75) is 23.8 Å². The second-order valence-electron chi connectivity index (χ2n) is 5.37. The Labute approximate surface area is 149 Å². The minimum absolute atomic E-state index is 0.000446. The molecule has 0 aromatic carbocycles. The maximum atomic E-state index is 12.8. The van der Waals surface area contributed by atoms with Crippen LogP contribution < -0.4 is 4.74 Å². The van der Waals surface area contributed by atoms with Gasteiger partial charge < -0.3 is 9.47 Å². The Bertz CT molecular complexity index is 830. The Morgan fingerprint density at radius 1 is 1.32 bits per heavy atom. The Morgan fingerprint density at radius 3 is 2.72 bits per heavy atom. The normalized spacial score (nSPS) is 16.5. The van der Waals surface area contributed by atoms with E-state index >= 15 is 0 Å². The van der Waals surface area contributed by atoms with Gasteiger partial charge in [0.1, 0.15) is 22.2 Å². The van der Waals surface area contributed by atoms with Crippen LogP contribution in [0.1, 0.15) is 22.5 Å². The Hall–Kier alpha value is -2.04. The van der Waals surface area contributed by atoms with E-state index in [2.05, 4.69) is 14.7 Å². The monoisotopic (exact) mass is 383 g/mol. The van der Waals surface area contributed by atoms with Crippen molar-refractivity contribution in [1.82, 2.24) is 14.3 Å². The highest BCUT2D eigenvalue weighted by Crippen LogP contribution is 2.28. The summed E-state index contributed by atoms with van der Waals surface area (Å²) in [5, 5.41) is 1.57. The summed E-state index contributed by atoms with van der Waals surface area (Å²) in [5.74, 6) is -0.169. The summed E-state index contributed by atoms with van der Waals surface area (Å²) >= 11 is 1.06. The number of sulfonamides is 1. The third-order valence-corrected chi connectivity index (χ3v) is 6.83. The number of piperidine rings is 1. The molecule has 2 aromatic rings. The van der Waals surface area contributed by atoms with Crippen molar-refractivity contribution in [2.75, 3.05) is 20.2 Å². The Kier molecular flexibility index (Phi) is 5.30. The summed E-state index contributed by atoms with van der Waals surface area (Å²) in [6, 6.07) is 3.10. The largest absolute Gasteiger partial charge is 0.474 e. The molecule has 25 heavy (non-hydrogen) atoms. The molecular formula is C15H17N3O5S2. The number of ether oxygens (including phenoxy) is 2. The van der Waals surface area contributed by atoms with Gasteiger partial charge in [0.2, 0.25) is 15.9 Å². The van der Waals surface area contributed by atoms with Crippen LogP contribution >= 0.6 is 11.3 Å². The molecule has 10 heteroatoms. The van der Waals surface area contributed by atoms with Crippen LogP contribution in [0.3, 0.4) is 0 Å². The zero-order valence-electron chi connectivity index (χ0n) is 13.5. The molecular weight excluding hydrogens is 366 g/mol. The van der Waals surface area contributed by atoms with E-state index in [1.54, 1.807) is 17.6 Å². The van der Waals surface area contributed by atoms with Gasteiger partial charge in [-0.25, -0.2) is 23.2 Å². The third-order valence-electron chi connectivity index (χ3n) is 3.86. The van der Waals surface area contributed by atoms with Crippen molar-refractivity contribution >= 4 is 27.3 Å². The third kappa shape index (κ3) is 3.80. The number of hydrogen-bond acceptors (Lipinski definition) is 8. The molecule has 0 N–H and O–H groups in total. The van der Waals surface area contributed by atoms with E-state index in [1.165, 1.54) is 23.8 Å². The first-order valence-electron chi connectivity index (χ1n) is 7.61. The standard InChI is InChI=1S/C15H17N3O5S2/c1-22-15(19)14-12(5-9-24-14)25(20,21)18-7-3-11(4-8-18)23-13-2-6-16-10-17-13/h2,5-6,9-11H,3-4,7-8H2,1H3. The number of aromatic nitrogens is 2. The summed E-state index contributed by atoms with van der Waals surface area (Å²) in [7, 11) is -2.51. The number of hydrogen-bond donors (Lipinski definition) is 0. The number of thiophene rings is 1. The second kappa shape index (κ2) is 7.46. The van der Waals surface area contributed by atoms with Crippen LogP contribution in [0.25, 0.3) is 0 Å². The Morgan fingerprint density at radius 2 is 2.08 bits per heavy atom. The summed E-state index contributed by atoms with van der Waals surface area (Å²) in [5.41, 5.74) is 0. The maximum absolute atomic E-state index is 12.8. The van der Waals surface area contributed by atoms with E-state index < -0.39 is 16.0 Å². The van der Waals surface area contributed by atoms with E-state index in [0.29, 0.717) is 31.8 Å². The first-order chi connectivity index (χ1) is 12.0. The van der Waals surface area contributed by atoms with E-state index in [-0.39, 0.29) is 15.9 Å². The number of rotatable bonds is 5. The number of esters is 1. The molecule has 2 aromatic heterocycles. The van der Waals surface area contributed by atoms with Crippen molar-refractivity contribution in [2.24, 2.45) is 0 Å². The lowest BCUT2D eigenvalue weighted by molar-refractivity contribution is 0.0602. The van der Waals surface area contributed by atoms with Crippen LogP contribution in [0.15, 0.2) is 34.9 Å². The van der Waals surface area contributed by atoms with Gasteiger partial charge >= 0.3 is 5.97 Å². The number of methoxy groups -OCH3 is 1. The van der Waals surface area contributed by atoms with E-state index in [4.69, 9.17) is 4.74 Å². The van der Waals surface area contributed by atoms with Gasteiger partial charge in [0, 0.05) is 25.4 Å². The maximum Gasteiger partial charge on any atom is 0.349 e. The fourth-order valence-electron chi connectivity index (χ4n) is 2.59. The van der Waals surface area contributed by atoms with Gasteiger partial charge in [-0.1, -0.05) is 0 Å². The number of carbonyl (C=O) groups is 1. The molecule has 1 fully saturated rings. The molecule has 0 aliphatic carbocycles. The van der Waals surface area contributed by atoms with Gasteiger partial charge in [0.15, 0.2) is 0 Å². The van der Waals surface area contributed by atoms with Crippen LogP contribution in [-0.2, 0) is 14.8 Å². The first kappa shape index (κ1) is 17.8. The average Bonchev–Trinajstić information content (AvgIpc) is 3.13. The zero-order valence-corrected chi connectivity index (χ0v) is 15.1. The predicted octanol–water partition coefficient (Wildman–Crippen LogP) is 1.56. The molecule has 0 spiro atoms. The van der Waals surface area contributed by atoms with Crippen molar-refractivity contribution in [1.29, 1.82) is 0 Å². The summed E-state index contributed by atoms with van der Waals surface area (Å²) in [6.45, 7) is 0.628. The summed E-state index contributed by atoms with van der Waals surface area (Å²) in [4.78, 5) is 19.7. The SMILES string of the molecule is COC(=O)c1sccc1S(=O)(=O)N1CCC(Oc2ccncn2)CC1. The summed E-state index contributed by atoms with van der Waals surface area (Å²) < 4.78 is 37.4. The van der Waals surface area contributed by atoms with E-state index in [0.717, 1.165) is 11.3 Å². The summed E-state index contributed by atoms with van der Waals surface area (Å²) in [6.07, 6.45) is 3.97. The number of carbonyl (C=O) groups excluding carboxylic acids is 1. The highest BCUT2D eigenvalue weighted by molar-refractivity contribution is 7.89. The lowest BCUT2D eigenvalue weighted by atomic mass is 10.1. The van der Waals surface area contributed by atoms with Crippen LogP contribution in [-0.4, -0.2) is 55.0 Å². The Balaban J connectivity index is 1.68. The molecule has 3 rings (SSSR count). The van der Waals surface area contributed by atoms with Gasteiger partial charge in [-0.05, 0) is 24.3 Å². The van der Waals surface area contributed by atoms with Crippen molar-refractivity contribution in [3.05, 3.63) is 34.9 Å². The fourth-order valence-corrected chi connectivity index (χ4v) is 5.37. The molecule has 3 heterocycles. The van der Waals surface area contributed by atoms with E-state index in [1.807, 2.05) is 0 Å². The van der Waals surface area contributed by atoms with Gasteiger partial charge in [0.05, 0.1) is 7.11 Å². The van der Waals surface area contributed by atoms with Crippen LogP contribution in [0.5, 0.6) is 5.88 Å². The second-order valence-corrected chi connectivity index (χ2v) is 8.20. The molecule has 1 aliphatic rings. The van der Waals surface area contributed by atoms with Crippen LogP contribution in [0.2, 0.25) is 0 Å². The molecule has 0 amide bonds. The predicted molar refractivity (Wildman–Crippen MR) is 90.1 cm³/mol. The van der Waals surface area contributed by atoms with Gasteiger partial charge in [-0.3, -0.25) is 0 Å². The molecule has 1 aliphatic heterocycles. The lowest BCUT2D eigenvalue weighted by Crippen LogP contribution is -2.42. The van der Waals surface area contributed by atoms with Crippen molar-refractivity contribution < 1.29 is 22.7 Å². The highest BCUT2D eigenvalue weighted by Gasteiger charge is 2.33. The molecule has 0 radical (unpaired) electrons.